The fraction of sp³-hybridized carbons (Fsp3) is 0.364. The summed E-state index contributed by atoms with van der Waals surface area (Å²) < 4.78 is 1.99. The van der Waals surface area contributed by atoms with Gasteiger partial charge in [0.1, 0.15) is 5.65 Å². The first kappa shape index (κ1) is 25.0. The Morgan fingerprint density at radius 1 is 1.00 bits per heavy atom. The molecule has 0 saturated carbocycles. The number of amides is 2. The molecule has 4 aromatic rings. The molecule has 0 bridgehead atoms. The molecule has 2 N–H and O–H groups in total. The molecule has 1 spiro atoms. The van der Waals surface area contributed by atoms with Gasteiger partial charge in [0, 0.05) is 50.2 Å². The number of nitrogens with zero attached hydrogens (tertiary/aromatic N) is 4. The average Bonchev–Trinajstić information content (AvgIpc) is 3.54. The van der Waals surface area contributed by atoms with E-state index in [-0.39, 0.29) is 5.91 Å². The van der Waals surface area contributed by atoms with Crippen LogP contribution in [0.4, 0.5) is 0 Å². The molecule has 7 heteroatoms. The minimum absolute atomic E-state index is 0.191. The van der Waals surface area contributed by atoms with Gasteiger partial charge in [-0.3, -0.25) is 14.5 Å². The third-order valence-corrected chi connectivity index (χ3v) is 9.38. The second-order valence-corrected chi connectivity index (χ2v) is 12.1. The van der Waals surface area contributed by atoms with Gasteiger partial charge in [0.15, 0.2) is 0 Å². The van der Waals surface area contributed by atoms with E-state index in [1.54, 1.807) is 12.1 Å². The van der Waals surface area contributed by atoms with Crippen molar-refractivity contribution in [1.29, 1.82) is 0 Å². The zero-order chi connectivity index (χ0) is 27.4. The van der Waals surface area contributed by atoms with Gasteiger partial charge < -0.3 is 15.0 Å². The summed E-state index contributed by atoms with van der Waals surface area (Å²) in [5.41, 5.74) is 14.4. The zero-order valence-electron chi connectivity index (χ0n) is 23.0. The molecule has 7 nitrogen and oxygen atoms in total. The molecule has 7 rings (SSSR count). The number of carbonyl (C=O) groups is 2. The van der Waals surface area contributed by atoms with Crippen LogP contribution >= 0.6 is 0 Å². The highest BCUT2D eigenvalue weighted by Gasteiger charge is 2.48. The van der Waals surface area contributed by atoms with E-state index in [1.807, 2.05) is 39.9 Å². The number of pyridine rings is 1. The number of fused-ring (bicyclic) bond motifs is 2. The second-order valence-electron chi connectivity index (χ2n) is 12.1. The third-order valence-electron chi connectivity index (χ3n) is 9.38. The Balaban J connectivity index is 0.945. The van der Waals surface area contributed by atoms with Gasteiger partial charge in [-0.15, -0.1) is 0 Å². The molecule has 40 heavy (non-hydrogen) atoms. The van der Waals surface area contributed by atoms with Crippen LogP contribution < -0.4 is 5.73 Å². The summed E-state index contributed by atoms with van der Waals surface area (Å²) in [6, 6.07) is 19.0. The molecule has 3 aliphatic rings. The fourth-order valence-electron chi connectivity index (χ4n) is 7.05. The molecule has 2 aliphatic heterocycles. The number of piperidine rings is 1. The molecule has 1 atom stereocenters. The van der Waals surface area contributed by atoms with Crippen LogP contribution in [-0.2, 0) is 17.6 Å². The maximum Gasteiger partial charge on any atom is 0.248 e. The minimum atomic E-state index is -0.397. The van der Waals surface area contributed by atoms with Crippen LogP contribution in [0.3, 0.4) is 0 Å². The van der Waals surface area contributed by atoms with Crippen molar-refractivity contribution >= 4 is 17.5 Å². The first-order valence-corrected chi connectivity index (χ1v) is 14.4. The standard InChI is InChI=1S/C33H35N5O2/c1-22-10-13-37-19-27(35-30(37)16-22)18-31(39)36-14-11-33(12-15-36)20-38(21-33)29-9-7-26-17-25(6-8-28(26)29)23-2-4-24(5-3-23)32(34)40/h2-6,8,10,13,16-17,19,29H,7,9,11-12,14-15,18,20-21H2,1H3,(H2,34,40). The second kappa shape index (κ2) is 9.59. The van der Waals surface area contributed by atoms with Crippen molar-refractivity contribution in [3.8, 4) is 11.1 Å². The molecule has 4 heterocycles. The molecule has 2 amide bonds. The van der Waals surface area contributed by atoms with Crippen LogP contribution in [0.1, 0.15) is 58.0 Å². The summed E-state index contributed by atoms with van der Waals surface area (Å²) >= 11 is 0. The molecule has 1 unspecified atom stereocenters. The maximum absolute atomic E-state index is 13.1. The monoisotopic (exact) mass is 533 g/mol. The van der Waals surface area contributed by atoms with Crippen molar-refractivity contribution in [3.63, 3.8) is 0 Å². The quantitative estimate of drug-likeness (QED) is 0.408. The van der Waals surface area contributed by atoms with Crippen molar-refractivity contribution in [2.45, 2.75) is 45.1 Å². The number of nitrogens with two attached hydrogens (primary N) is 1. The number of imidazole rings is 1. The third kappa shape index (κ3) is 4.48. The number of aromatic nitrogens is 2. The number of carbonyl (C=O) groups excluding carboxylic acids is 2. The first-order chi connectivity index (χ1) is 19.4. The molecule has 1 aliphatic carbocycles. The lowest BCUT2D eigenvalue weighted by Crippen LogP contribution is -2.61. The minimum Gasteiger partial charge on any atom is -0.366 e. The lowest BCUT2D eigenvalue weighted by Gasteiger charge is -2.56. The van der Waals surface area contributed by atoms with Gasteiger partial charge in [-0.2, -0.15) is 0 Å². The Morgan fingerprint density at radius 3 is 2.50 bits per heavy atom. The molecule has 2 fully saturated rings. The molecule has 0 radical (unpaired) electrons. The van der Waals surface area contributed by atoms with Crippen LogP contribution in [-0.4, -0.2) is 57.2 Å². The van der Waals surface area contributed by atoms with Crippen LogP contribution in [0.15, 0.2) is 67.0 Å². The molecule has 204 valence electrons. The number of rotatable bonds is 5. The lowest BCUT2D eigenvalue weighted by molar-refractivity contribution is -0.136. The number of likely N-dealkylation sites (tertiary alicyclic amines) is 2. The number of hydrogen-bond acceptors (Lipinski definition) is 4. The summed E-state index contributed by atoms with van der Waals surface area (Å²) in [6.07, 6.45) is 8.78. The number of hydrogen-bond donors (Lipinski definition) is 1. The number of primary amides is 1. The van der Waals surface area contributed by atoms with Crippen LogP contribution in [0, 0.1) is 12.3 Å². The summed E-state index contributed by atoms with van der Waals surface area (Å²) in [7, 11) is 0. The van der Waals surface area contributed by atoms with E-state index in [2.05, 4.69) is 41.1 Å². The SMILES string of the molecule is Cc1ccn2cc(CC(=O)N3CCC4(CC3)CN(C3CCc5cc(-c6ccc(C(N)=O)cc6)ccc53)C4)nc2c1. The lowest BCUT2D eigenvalue weighted by atomic mass is 9.71. The van der Waals surface area contributed by atoms with Gasteiger partial charge in [-0.05, 0) is 90.1 Å². The van der Waals surface area contributed by atoms with E-state index in [0.29, 0.717) is 23.4 Å². The van der Waals surface area contributed by atoms with Gasteiger partial charge >= 0.3 is 0 Å². The number of benzene rings is 2. The average molecular weight is 534 g/mol. The number of aryl methyl sites for hydroxylation is 2. The Morgan fingerprint density at radius 2 is 1.75 bits per heavy atom. The highest BCUT2D eigenvalue weighted by atomic mass is 16.2. The highest BCUT2D eigenvalue weighted by Crippen LogP contribution is 2.48. The fourth-order valence-corrected chi connectivity index (χ4v) is 7.05. The molecular weight excluding hydrogens is 498 g/mol. The Bertz CT molecular complexity index is 1610. The summed E-state index contributed by atoms with van der Waals surface area (Å²) in [5, 5.41) is 0. The normalized spacial score (nSPS) is 20.0. The Labute approximate surface area is 234 Å². The molecular formula is C33H35N5O2. The maximum atomic E-state index is 13.1. The van der Waals surface area contributed by atoms with E-state index in [1.165, 1.54) is 28.7 Å². The summed E-state index contributed by atoms with van der Waals surface area (Å²) in [5.74, 6) is -0.206. The van der Waals surface area contributed by atoms with Crippen molar-refractivity contribution < 1.29 is 9.59 Å². The van der Waals surface area contributed by atoms with Crippen LogP contribution in [0.5, 0.6) is 0 Å². The van der Waals surface area contributed by atoms with E-state index in [9.17, 15) is 9.59 Å². The zero-order valence-corrected chi connectivity index (χ0v) is 23.0. The Kier molecular flexibility index (Phi) is 6.00. The molecule has 2 saturated heterocycles. The predicted octanol–water partition coefficient (Wildman–Crippen LogP) is 4.56. The van der Waals surface area contributed by atoms with Gasteiger partial charge in [0.2, 0.25) is 11.8 Å². The van der Waals surface area contributed by atoms with Crippen molar-refractivity contribution in [2.75, 3.05) is 26.2 Å². The van der Waals surface area contributed by atoms with Crippen LogP contribution in [0.2, 0.25) is 0 Å². The van der Waals surface area contributed by atoms with Crippen LogP contribution in [0.25, 0.3) is 16.8 Å². The van der Waals surface area contributed by atoms with E-state index >= 15 is 0 Å². The molecule has 2 aromatic heterocycles. The van der Waals surface area contributed by atoms with E-state index < -0.39 is 5.91 Å². The highest BCUT2D eigenvalue weighted by molar-refractivity contribution is 5.93. The summed E-state index contributed by atoms with van der Waals surface area (Å²) in [6.45, 7) is 6.00. The predicted molar refractivity (Wildman–Crippen MR) is 155 cm³/mol. The van der Waals surface area contributed by atoms with Gasteiger partial charge in [0.25, 0.3) is 0 Å². The largest absolute Gasteiger partial charge is 0.366 e. The first-order valence-electron chi connectivity index (χ1n) is 14.4. The van der Waals surface area contributed by atoms with E-state index in [4.69, 9.17) is 5.73 Å². The summed E-state index contributed by atoms with van der Waals surface area (Å²) in [4.78, 5) is 33.8. The van der Waals surface area contributed by atoms with Gasteiger partial charge in [-0.25, -0.2) is 4.98 Å². The Hall–Kier alpha value is -3.97. The molecule has 2 aromatic carbocycles. The van der Waals surface area contributed by atoms with Crippen molar-refractivity contribution in [1.82, 2.24) is 19.2 Å². The van der Waals surface area contributed by atoms with E-state index in [0.717, 1.165) is 62.3 Å². The van der Waals surface area contributed by atoms with Crippen molar-refractivity contribution in [3.05, 3.63) is 94.9 Å². The van der Waals surface area contributed by atoms with Gasteiger partial charge in [0.05, 0.1) is 12.1 Å². The topological polar surface area (TPSA) is 83.9 Å². The smallest absolute Gasteiger partial charge is 0.248 e. The van der Waals surface area contributed by atoms with Gasteiger partial charge in [-0.1, -0.05) is 30.3 Å². The van der Waals surface area contributed by atoms with Crippen molar-refractivity contribution in [2.24, 2.45) is 11.1 Å².